The molecule has 0 atom stereocenters. The van der Waals surface area contributed by atoms with Crippen molar-refractivity contribution in [2.75, 3.05) is 19.4 Å². The minimum atomic E-state index is -0.592. The van der Waals surface area contributed by atoms with E-state index in [1.807, 2.05) is 0 Å². The number of amides is 1. The number of hydrogen-bond acceptors (Lipinski definition) is 5. The normalized spacial score (nSPS) is 13.3. The van der Waals surface area contributed by atoms with Gasteiger partial charge in [-0.1, -0.05) is 12.1 Å². The highest BCUT2D eigenvalue weighted by Crippen LogP contribution is 2.31. The van der Waals surface area contributed by atoms with E-state index in [4.69, 9.17) is 15.9 Å². The standard InChI is InChI=1S/C23H24FN3O3/c1-13(28)17-11-14(5-8-18(17)24)6-9-19(25)21-20(26)10-7-16(22(21)30-2)23(29)27-12-15-3-4-15/h5-11,15,25H,3-4,12,26H2,1-2H3,(H,27,29)/b9-6+,25-19?. The number of ether oxygens (including phenoxy) is 1. The number of halogens is 1. The van der Waals surface area contributed by atoms with Gasteiger partial charge in [0.05, 0.1) is 29.5 Å². The van der Waals surface area contributed by atoms with E-state index in [0.29, 0.717) is 34.8 Å². The summed E-state index contributed by atoms with van der Waals surface area (Å²) in [5, 5.41) is 11.3. The predicted octanol–water partition coefficient (Wildman–Crippen LogP) is 3.84. The molecule has 0 aliphatic heterocycles. The molecular formula is C23H24FN3O3. The lowest BCUT2D eigenvalue weighted by molar-refractivity contribution is 0.0947. The Morgan fingerprint density at radius 1 is 1.27 bits per heavy atom. The molecule has 0 aromatic heterocycles. The van der Waals surface area contributed by atoms with Crippen LogP contribution in [0, 0.1) is 17.1 Å². The average Bonchev–Trinajstić information content (AvgIpc) is 3.55. The van der Waals surface area contributed by atoms with Gasteiger partial charge in [-0.2, -0.15) is 0 Å². The lowest BCUT2D eigenvalue weighted by atomic mass is 10.00. The molecule has 0 radical (unpaired) electrons. The van der Waals surface area contributed by atoms with Gasteiger partial charge in [0.2, 0.25) is 0 Å². The van der Waals surface area contributed by atoms with E-state index in [9.17, 15) is 14.0 Å². The maximum absolute atomic E-state index is 13.7. The van der Waals surface area contributed by atoms with Crippen molar-refractivity contribution in [1.29, 1.82) is 5.41 Å². The number of allylic oxidation sites excluding steroid dienone is 1. The van der Waals surface area contributed by atoms with E-state index in [0.717, 1.165) is 12.8 Å². The number of nitrogens with one attached hydrogen (secondary N) is 2. The number of carbonyl (C=O) groups is 2. The van der Waals surface area contributed by atoms with Gasteiger partial charge < -0.3 is 21.2 Å². The van der Waals surface area contributed by atoms with Crippen molar-refractivity contribution >= 4 is 29.2 Å². The topological polar surface area (TPSA) is 105 Å². The molecule has 156 valence electrons. The molecule has 1 aliphatic carbocycles. The Labute approximate surface area is 174 Å². The summed E-state index contributed by atoms with van der Waals surface area (Å²) in [5.41, 5.74) is 7.53. The third kappa shape index (κ3) is 4.74. The minimum Gasteiger partial charge on any atom is -0.495 e. The summed E-state index contributed by atoms with van der Waals surface area (Å²) in [7, 11) is 1.42. The summed E-state index contributed by atoms with van der Waals surface area (Å²) >= 11 is 0. The lowest BCUT2D eigenvalue weighted by Crippen LogP contribution is -2.26. The first-order valence-corrected chi connectivity index (χ1v) is 9.64. The molecule has 1 amide bonds. The smallest absolute Gasteiger partial charge is 0.255 e. The quantitative estimate of drug-likeness (QED) is 0.350. The van der Waals surface area contributed by atoms with Crippen molar-refractivity contribution in [3.05, 3.63) is 64.5 Å². The largest absolute Gasteiger partial charge is 0.495 e. The predicted molar refractivity (Wildman–Crippen MR) is 115 cm³/mol. The highest BCUT2D eigenvalue weighted by atomic mass is 19.1. The fourth-order valence-electron chi connectivity index (χ4n) is 3.10. The maximum atomic E-state index is 13.7. The molecule has 0 heterocycles. The molecule has 1 fully saturated rings. The fraction of sp³-hybridized carbons (Fsp3) is 0.261. The molecule has 0 saturated heterocycles. The van der Waals surface area contributed by atoms with Crippen LogP contribution in [-0.2, 0) is 0 Å². The molecule has 4 N–H and O–H groups in total. The molecule has 7 heteroatoms. The first-order valence-electron chi connectivity index (χ1n) is 9.64. The Balaban J connectivity index is 1.88. The molecule has 3 rings (SSSR count). The zero-order chi connectivity index (χ0) is 21.8. The Morgan fingerprint density at radius 2 is 2.00 bits per heavy atom. The van der Waals surface area contributed by atoms with Crippen LogP contribution < -0.4 is 15.8 Å². The molecule has 0 unspecified atom stereocenters. The monoisotopic (exact) mass is 409 g/mol. The van der Waals surface area contributed by atoms with Crippen LogP contribution in [0.3, 0.4) is 0 Å². The van der Waals surface area contributed by atoms with Gasteiger partial charge in [-0.25, -0.2) is 4.39 Å². The number of rotatable bonds is 8. The van der Waals surface area contributed by atoms with Crippen LogP contribution in [0.4, 0.5) is 10.1 Å². The van der Waals surface area contributed by atoms with Gasteiger partial charge in [0, 0.05) is 12.2 Å². The first kappa shape index (κ1) is 21.2. The molecule has 0 spiro atoms. The van der Waals surface area contributed by atoms with Gasteiger partial charge in [0.1, 0.15) is 11.6 Å². The number of ketones is 1. The zero-order valence-corrected chi connectivity index (χ0v) is 16.9. The maximum Gasteiger partial charge on any atom is 0.255 e. The number of carbonyl (C=O) groups excluding carboxylic acids is 2. The molecule has 30 heavy (non-hydrogen) atoms. The summed E-state index contributed by atoms with van der Waals surface area (Å²) < 4.78 is 19.1. The van der Waals surface area contributed by atoms with Gasteiger partial charge >= 0.3 is 0 Å². The second-order valence-electron chi connectivity index (χ2n) is 7.31. The second kappa shape index (κ2) is 8.90. The van der Waals surface area contributed by atoms with Crippen LogP contribution in [0.5, 0.6) is 5.75 Å². The van der Waals surface area contributed by atoms with Crippen LogP contribution >= 0.6 is 0 Å². The molecule has 2 aromatic rings. The van der Waals surface area contributed by atoms with Crippen molar-refractivity contribution in [3.8, 4) is 5.75 Å². The molecular weight excluding hydrogens is 385 g/mol. The van der Waals surface area contributed by atoms with Gasteiger partial charge in [0.25, 0.3) is 5.91 Å². The minimum absolute atomic E-state index is 0.0184. The van der Waals surface area contributed by atoms with E-state index in [1.165, 1.54) is 38.3 Å². The van der Waals surface area contributed by atoms with Crippen molar-refractivity contribution in [2.24, 2.45) is 5.92 Å². The van der Waals surface area contributed by atoms with E-state index in [2.05, 4.69) is 5.32 Å². The highest BCUT2D eigenvalue weighted by Gasteiger charge is 2.24. The van der Waals surface area contributed by atoms with Crippen LogP contribution in [-0.4, -0.2) is 31.1 Å². The third-order valence-corrected chi connectivity index (χ3v) is 4.97. The van der Waals surface area contributed by atoms with E-state index in [1.54, 1.807) is 18.2 Å². The number of anilines is 1. The van der Waals surface area contributed by atoms with Crippen molar-refractivity contribution in [1.82, 2.24) is 5.32 Å². The van der Waals surface area contributed by atoms with E-state index >= 15 is 0 Å². The van der Waals surface area contributed by atoms with Crippen molar-refractivity contribution in [3.63, 3.8) is 0 Å². The number of nitrogens with two attached hydrogens (primary N) is 1. The lowest BCUT2D eigenvalue weighted by Gasteiger charge is -2.15. The Morgan fingerprint density at radius 3 is 2.63 bits per heavy atom. The summed E-state index contributed by atoms with van der Waals surface area (Å²) in [6, 6.07) is 7.28. The number of hydrogen-bond donors (Lipinski definition) is 3. The fourth-order valence-corrected chi connectivity index (χ4v) is 3.10. The highest BCUT2D eigenvalue weighted by molar-refractivity contribution is 6.15. The van der Waals surface area contributed by atoms with Gasteiger partial charge in [-0.05, 0) is 61.6 Å². The van der Waals surface area contributed by atoms with Crippen LogP contribution in [0.1, 0.15) is 51.6 Å². The Hall–Kier alpha value is -3.48. The van der Waals surface area contributed by atoms with Gasteiger partial charge in [-0.3, -0.25) is 9.59 Å². The Bertz CT molecular complexity index is 1040. The van der Waals surface area contributed by atoms with E-state index < -0.39 is 5.82 Å². The third-order valence-electron chi connectivity index (χ3n) is 4.97. The molecule has 1 saturated carbocycles. The second-order valence-corrected chi connectivity index (χ2v) is 7.31. The molecule has 6 nitrogen and oxygen atoms in total. The number of methoxy groups -OCH3 is 1. The van der Waals surface area contributed by atoms with Crippen LogP contribution in [0.25, 0.3) is 6.08 Å². The molecule has 0 bridgehead atoms. The summed E-state index contributed by atoms with van der Waals surface area (Å²) in [5.74, 6) is -0.493. The first-order chi connectivity index (χ1) is 14.3. The summed E-state index contributed by atoms with van der Waals surface area (Å²) in [6.07, 6.45) is 5.29. The summed E-state index contributed by atoms with van der Waals surface area (Å²) in [4.78, 5) is 24.1. The number of Topliss-reactive ketones (excluding diaryl/α,β-unsaturated/α-hetero) is 1. The Kier molecular flexibility index (Phi) is 6.30. The van der Waals surface area contributed by atoms with Crippen LogP contribution in [0.15, 0.2) is 36.4 Å². The number of benzene rings is 2. The van der Waals surface area contributed by atoms with E-state index in [-0.39, 0.29) is 28.7 Å². The zero-order valence-electron chi connectivity index (χ0n) is 16.9. The summed E-state index contributed by atoms with van der Waals surface area (Å²) in [6.45, 7) is 1.90. The van der Waals surface area contributed by atoms with Crippen molar-refractivity contribution < 1.29 is 18.7 Å². The molecule has 1 aliphatic rings. The number of nitrogen functional groups attached to an aromatic ring is 1. The van der Waals surface area contributed by atoms with Gasteiger partial charge in [-0.15, -0.1) is 0 Å². The molecule has 2 aromatic carbocycles. The van der Waals surface area contributed by atoms with Gasteiger partial charge in [0.15, 0.2) is 5.78 Å². The average molecular weight is 409 g/mol. The van der Waals surface area contributed by atoms with Crippen LogP contribution in [0.2, 0.25) is 0 Å². The van der Waals surface area contributed by atoms with Crippen molar-refractivity contribution in [2.45, 2.75) is 19.8 Å². The SMILES string of the molecule is COc1c(C(=O)NCC2CC2)ccc(N)c1C(=N)/C=C/c1ccc(F)c(C(C)=O)c1.